The fraction of sp³-hybridized carbons (Fsp3) is 0.273. The molecule has 92 valence electrons. The Bertz CT molecular complexity index is 412. The predicted octanol–water partition coefficient (Wildman–Crippen LogP) is 2.13. The van der Waals surface area contributed by atoms with Crippen molar-refractivity contribution in [2.75, 3.05) is 17.7 Å². The lowest BCUT2D eigenvalue weighted by atomic mass is 10.3. The second-order valence-corrected chi connectivity index (χ2v) is 4.46. The molecular weight excluding hydrogens is 307 g/mol. The van der Waals surface area contributed by atoms with Crippen LogP contribution in [0.4, 0.5) is 5.69 Å². The molecule has 0 aliphatic rings. The van der Waals surface area contributed by atoms with E-state index < -0.39 is 11.8 Å². The van der Waals surface area contributed by atoms with E-state index in [4.69, 9.17) is 11.6 Å². The number of para-hydroxylation sites is 1. The largest absolute Gasteiger partial charge is 0.348 e. The predicted molar refractivity (Wildman–Crippen MR) is 71.1 cm³/mol. The van der Waals surface area contributed by atoms with E-state index in [0.717, 1.165) is 4.47 Å². The standard InChI is InChI=1S/C11H12BrClN2O2/c12-8-4-1-2-5-9(8)15-11(17)10(16)14-7-3-6-13/h1-2,4-5H,3,6-7H2,(H,14,16)(H,15,17). The van der Waals surface area contributed by atoms with Gasteiger partial charge in [-0.25, -0.2) is 0 Å². The summed E-state index contributed by atoms with van der Waals surface area (Å²) in [6.07, 6.45) is 0.635. The smallest absolute Gasteiger partial charge is 0.313 e. The van der Waals surface area contributed by atoms with E-state index in [1.54, 1.807) is 18.2 Å². The third-order valence-electron chi connectivity index (χ3n) is 1.92. The van der Waals surface area contributed by atoms with Gasteiger partial charge in [0.1, 0.15) is 0 Å². The Kier molecular flexibility index (Phi) is 6.00. The summed E-state index contributed by atoms with van der Waals surface area (Å²) >= 11 is 8.73. The molecule has 0 saturated heterocycles. The minimum absolute atomic E-state index is 0.395. The number of nitrogens with one attached hydrogen (secondary N) is 2. The molecule has 17 heavy (non-hydrogen) atoms. The Labute approximate surface area is 113 Å². The van der Waals surface area contributed by atoms with E-state index in [2.05, 4.69) is 26.6 Å². The number of alkyl halides is 1. The SMILES string of the molecule is O=C(NCCCCl)C(=O)Nc1ccccc1Br. The Morgan fingerprint density at radius 1 is 1.24 bits per heavy atom. The van der Waals surface area contributed by atoms with Gasteiger partial charge in [-0.1, -0.05) is 12.1 Å². The van der Waals surface area contributed by atoms with Crippen molar-refractivity contribution in [1.29, 1.82) is 0 Å². The van der Waals surface area contributed by atoms with E-state index in [0.29, 0.717) is 24.5 Å². The molecule has 4 nitrogen and oxygen atoms in total. The van der Waals surface area contributed by atoms with Crippen LogP contribution >= 0.6 is 27.5 Å². The zero-order chi connectivity index (χ0) is 12.7. The van der Waals surface area contributed by atoms with Crippen LogP contribution in [0.15, 0.2) is 28.7 Å². The van der Waals surface area contributed by atoms with Crippen molar-refractivity contribution in [3.8, 4) is 0 Å². The first-order chi connectivity index (χ1) is 8.15. The highest BCUT2D eigenvalue weighted by atomic mass is 79.9. The quantitative estimate of drug-likeness (QED) is 0.507. The number of halogens is 2. The van der Waals surface area contributed by atoms with E-state index >= 15 is 0 Å². The van der Waals surface area contributed by atoms with Crippen molar-refractivity contribution < 1.29 is 9.59 Å². The fourth-order valence-corrected chi connectivity index (χ4v) is 1.61. The highest BCUT2D eigenvalue weighted by Crippen LogP contribution is 2.20. The number of amides is 2. The normalized spacial score (nSPS) is 9.76. The van der Waals surface area contributed by atoms with Crippen molar-refractivity contribution in [1.82, 2.24) is 5.32 Å². The van der Waals surface area contributed by atoms with Gasteiger partial charge in [0.2, 0.25) is 0 Å². The summed E-state index contributed by atoms with van der Waals surface area (Å²) in [5.41, 5.74) is 0.560. The summed E-state index contributed by atoms with van der Waals surface area (Å²) in [6.45, 7) is 0.395. The lowest BCUT2D eigenvalue weighted by Crippen LogP contribution is -2.36. The topological polar surface area (TPSA) is 58.2 Å². The van der Waals surface area contributed by atoms with E-state index in [1.165, 1.54) is 0 Å². The van der Waals surface area contributed by atoms with Gasteiger partial charge in [-0.3, -0.25) is 9.59 Å². The van der Waals surface area contributed by atoms with Crippen LogP contribution in [0.25, 0.3) is 0 Å². The van der Waals surface area contributed by atoms with Gasteiger partial charge in [-0.05, 0) is 34.5 Å². The number of carbonyl (C=O) groups excluding carboxylic acids is 2. The number of carbonyl (C=O) groups is 2. The molecule has 2 amide bonds. The second kappa shape index (κ2) is 7.29. The van der Waals surface area contributed by atoms with Crippen molar-refractivity contribution in [2.24, 2.45) is 0 Å². The van der Waals surface area contributed by atoms with Crippen LogP contribution in [0.1, 0.15) is 6.42 Å². The van der Waals surface area contributed by atoms with Crippen LogP contribution < -0.4 is 10.6 Å². The number of anilines is 1. The number of benzene rings is 1. The molecular formula is C11H12BrClN2O2. The fourth-order valence-electron chi connectivity index (χ4n) is 1.09. The summed E-state index contributed by atoms with van der Waals surface area (Å²) in [5.74, 6) is -0.899. The molecule has 1 aromatic carbocycles. The van der Waals surface area contributed by atoms with Crippen molar-refractivity contribution in [3.63, 3.8) is 0 Å². The summed E-state index contributed by atoms with van der Waals surface area (Å²) in [6, 6.07) is 7.07. The molecule has 0 heterocycles. The van der Waals surface area contributed by atoms with Gasteiger partial charge in [0, 0.05) is 16.9 Å². The first-order valence-corrected chi connectivity index (χ1v) is 6.37. The highest BCUT2D eigenvalue weighted by Gasteiger charge is 2.13. The average molecular weight is 320 g/mol. The van der Waals surface area contributed by atoms with Gasteiger partial charge in [0.25, 0.3) is 0 Å². The van der Waals surface area contributed by atoms with Crippen LogP contribution in [0, 0.1) is 0 Å². The average Bonchev–Trinajstić information content (AvgIpc) is 2.32. The summed E-state index contributed by atoms with van der Waals surface area (Å²) in [4.78, 5) is 22.8. The molecule has 0 saturated carbocycles. The second-order valence-electron chi connectivity index (χ2n) is 3.23. The molecule has 0 bridgehead atoms. The molecule has 6 heteroatoms. The van der Waals surface area contributed by atoms with Gasteiger partial charge in [0.15, 0.2) is 0 Å². The van der Waals surface area contributed by atoms with E-state index in [1.807, 2.05) is 6.07 Å². The Morgan fingerprint density at radius 2 is 1.94 bits per heavy atom. The summed E-state index contributed by atoms with van der Waals surface area (Å²) in [5, 5.41) is 4.98. The highest BCUT2D eigenvalue weighted by molar-refractivity contribution is 9.10. The Morgan fingerprint density at radius 3 is 2.59 bits per heavy atom. The number of hydrogen-bond acceptors (Lipinski definition) is 2. The van der Waals surface area contributed by atoms with Crippen LogP contribution in [-0.2, 0) is 9.59 Å². The lowest BCUT2D eigenvalue weighted by molar-refractivity contribution is -0.136. The molecule has 0 aliphatic carbocycles. The zero-order valence-corrected chi connectivity index (χ0v) is 11.3. The minimum atomic E-state index is -0.688. The third-order valence-corrected chi connectivity index (χ3v) is 2.88. The minimum Gasteiger partial charge on any atom is -0.348 e. The van der Waals surface area contributed by atoms with Crippen molar-refractivity contribution >= 4 is 45.0 Å². The Hall–Kier alpha value is -1.07. The number of hydrogen-bond donors (Lipinski definition) is 2. The summed E-state index contributed by atoms with van der Waals surface area (Å²) in [7, 11) is 0. The van der Waals surface area contributed by atoms with Crippen LogP contribution in [0.3, 0.4) is 0 Å². The first-order valence-electron chi connectivity index (χ1n) is 5.05. The molecule has 1 aromatic rings. The molecule has 0 aliphatic heterocycles. The molecule has 1 rings (SSSR count). The van der Waals surface area contributed by atoms with Crippen LogP contribution in [-0.4, -0.2) is 24.2 Å². The van der Waals surface area contributed by atoms with Crippen molar-refractivity contribution in [3.05, 3.63) is 28.7 Å². The number of rotatable bonds is 4. The monoisotopic (exact) mass is 318 g/mol. The molecule has 2 N–H and O–H groups in total. The molecule has 0 spiro atoms. The maximum atomic E-state index is 11.5. The molecule has 0 unspecified atom stereocenters. The van der Waals surface area contributed by atoms with Gasteiger partial charge < -0.3 is 10.6 Å². The Balaban J connectivity index is 2.49. The van der Waals surface area contributed by atoms with Gasteiger partial charge in [-0.15, -0.1) is 11.6 Å². The molecule has 0 radical (unpaired) electrons. The molecule has 0 aromatic heterocycles. The summed E-state index contributed by atoms with van der Waals surface area (Å²) < 4.78 is 0.724. The van der Waals surface area contributed by atoms with E-state index in [-0.39, 0.29) is 0 Å². The van der Waals surface area contributed by atoms with Crippen LogP contribution in [0.5, 0.6) is 0 Å². The molecule has 0 atom stereocenters. The van der Waals surface area contributed by atoms with Gasteiger partial charge in [0.05, 0.1) is 5.69 Å². The van der Waals surface area contributed by atoms with Crippen LogP contribution in [0.2, 0.25) is 0 Å². The van der Waals surface area contributed by atoms with Crippen molar-refractivity contribution in [2.45, 2.75) is 6.42 Å². The van der Waals surface area contributed by atoms with Gasteiger partial charge in [-0.2, -0.15) is 0 Å². The molecule has 0 fully saturated rings. The lowest BCUT2D eigenvalue weighted by Gasteiger charge is -2.07. The zero-order valence-electron chi connectivity index (χ0n) is 9.00. The van der Waals surface area contributed by atoms with E-state index in [9.17, 15) is 9.59 Å². The van der Waals surface area contributed by atoms with Gasteiger partial charge >= 0.3 is 11.8 Å². The maximum absolute atomic E-state index is 11.5. The third kappa shape index (κ3) is 4.75. The first kappa shape index (κ1) is 14.0. The maximum Gasteiger partial charge on any atom is 0.313 e.